The molecule has 0 aromatic heterocycles. The molecule has 4 aliphatic heterocycles. The Bertz CT molecular complexity index is 2800. The summed E-state index contributed by atoms with van der Waals surface area (Å²) < 4.78 is 21.1. The fourth-order valence-electron chi connectivity index (χ4n) is 7.36. The summed E-state index contributed by atoms with van der Waals surface area (Å²) in [4.78, 5) is 66.4. The molecule has 9 rings (SSSR count). The summed E-state index contributed by atoms with van der Waals surface area (Å²) in [5.41, 5.74) is 8.92. The zero-order chi connectivity index (χ0) is 54.8. The van der Waals surface area contributed by atoms with Crippen molar-refractivity contribution in [2.45, 2.75) is 0 Å². The third kappa shape index (κ3) is 18.0. The summed E-state index contributed by atoms with van der Waals surface area (Å²) in [6, 6.07) is 26.1. The number of hydrogen-bond donors (Lipinski definition) is 3. The summed E-state index contributed by atoms with van der Waals surface area (Å²) >= 11 is 44.4. The first-order valence-corrected chi connectivity index (χ1v) is 25.9. The molecule has 0 saturated carbocycles. The highest BCUT2D eigenvalue weighted by Gasteiger charge is 2.31. The number of benzene rings is 5. The number of phenolic OH excluding ortho intramolecular Hbond substituents is 1. The van der Waals surface area contributed by atoms with E-state index in [9.17, 15) is 24.0 Å². The van der Waals surface area contributed by atoms with Gasteiger partial charge in [0.05, 0.1) is 47.2 Å². The molecule has 0 spiro atoms. The normalized spacial score (nSPS) is 14.4. The van der Waals surface area contributed by atoms with Gasteiger partial charge in [0.25, 0.3) is 11.8 Å². The fraction of sp³-hybridized carbons (Fsp3) is 0.300. The number of halogens is 8. The van der Waals surface area contributed by atoms with Crippen molar-refractivity contribution in [3.8, 4) is 28.7 Å². The molecule has 17 nitrogen and oxygen atoms in total. The topological polar surface area (TPSA) is 197 Å². The Morgan fingerprint density at radius 2 is 1.11 bits per heavy atom. The summed E-state index contributed by atoms with van der Waals surface area (Å²) in [7, 11) is 3.18. The number of nitrogens with one attached hydrogen (secondary N) is 1. The minimum Gasteiger partial charge on any atom is -0.506 e. The summed E-state index contributed by atoms with van der Waals surface area (Å²) in [6.07, 6.45) is 0. The molecule has 0 radical (unpaired) electrons. The maximum Gasteiger partial charge on any atom is 0.265 e. The van der Waals surface area contributed by atoms with E-state index in [1.165, 1.54) is 11.0 Å². The third-order valence-electron chi connectivity index (χ3n) is 11.2. The quantitative estimate of drug-likeness (QED) is 0.0576. The predicted molar refractivity (Wildman–Crippen MR) is 298 cm³/mol. The molecule has 0 atom stereocenters. The Kier molecular flexibility index (Phi) is 23.8. The van der Waals surface area contributed by atoms with E-state index in [0.717, 1.165) is 24.5 Å². The number of carbonyl (C=O) groups excluding carboxylic acids is 5. The molecule has 2 fully saturated rings. The smallest absolute Gasteiger partial charge is 0.265 e. The van der Waals surface area contributed by atoms with Gasteiger partial charge < -0.3 is 54.7 Å². The van der Waals surface area contributed by atoms with Gasteiger partial charge in [0.15, 0.2) is 13.2 Å². The van der Waals surface area contributed by atoms with Gasteiger partial charge in [-0.3, -0.25) is 28.9 Å². The summed E-state index contributed by atoms with van der Waals surface area (Å²) in [6.45, 7) is 5.38. The van der Waals surface area contributed by atoms with Crippen molar-refractivity contribution in [3.63, 3.8) is 0 Å². The number of methoxy groups -OCH3 is 2. The van der Waals surface area contributed by atoms with Gasteiger partial charge in [-0.1, -0.05) is 58.0 Å². The Labute approximate surface area is 473 Å². The molecule has 4 heterocycles. The molecule has 5 aromatic carbocycles. The van der Waals surface area contributed by atoms with Crippen LogP contribution in [-0.4, -0.2) is 142 Å². The van der Waals surface area contributed by atoms with Gasteiger partial charge in [-0.2, -0.15) is 0 Å². The van der Waals surface area contributed by atoms with Crippen molar-refractivity contribution in [3.05, 3.63) is 116 Å². The van der Waals surface area contributed by atoms with E-state index in [0.29, 0.717) is 104 Å². The number of nitrogens with two attached hydrogens (primary N) is 1. The first kappa shape index (κ1) is 60.2. The SMILES string of the molecule is COc1cc(N2CCN(C(=O)CCl)CC2)ccc1Cl.COc1cc(N2CCN(C(=O)CN3C(=O)COc4cc(Cl)ccc43)CC2)ccc1Cl.Nc1ccc(Cl)cc1O.O=C(Cl)CCl.O=C1COc2cc(Cl)ccc2N1. The van der Waals surface area contributed by atoms with E-state index in [-0.39, 0.29) is 60.9 Å². The van der Waals surface area contributed by atoms with Gasteiger partial charge in [-0.05, 0) is 72.3 Å². The lowest BCUT2D eigenvalue weighted by Crippen LogP contribution is -2.53. The number of aromatic hydroxyl groups is 1. The monoisotopic (exact) mass is 1190 g/mol. The summed E-state index contributed by atoms with van der Waals surface area (Å²) in [5.74, 6) is 1.93. The molecule has 0 unspecified atom stereocenters. The van der Waals surface area contributed by atoms with Crippen LogP contribution < -0.4 is 44.7 Å². The highest BCUT2D eigenvalue weighted by molar-refractivity contribution is 6.67. The molecule has 4 aliphatic rings. The van der Waals surface area contributed by atoms with Crippen molar-refractivity contribution >= 4 is 150 Å². The number of anilines is 5. The molecule has 4 amide bonds. The molecular weight excluding hydrogens is 1140 g/mol. The van der Waals surface area contributed by atoms with Crippen molar-refractivity contribution in [2.75, 3.05) is 124 Å². The average Bonchev–Trinajstić information content (AvgIpc) is 3.41. The molecule has 0 bridgehead atoms. The molecule has 25 heteroatoms. The number of nitrogens with zero attached hydrogens (tertiary/aromatic N) is 5. The lowest BCUT2D eigenvalue weighted by Gasteiger charge is -2.37. The number of hydrogen-bond acceptors (Lipinski definition) is 13. The van der Waals surface area contributed by atoms with Crippen LogP contribution in [-0.2, 0) is 24.0 Å². The molecule has 402 valence electrons. The molecule has 5 aromatic rings. The van der Waals surface area contributed by atoms with Crippen molar-refractivity contribution in [1.82, 2.24) is 9.80 Å². The second kappa shape index (κ2) is 29.6. The van der Waals surface area contributed by atoms with Crippen LogP contribution in [0.5, 0.6) is 28.7 Å². The van der Waals surface area contributed by atoms with Gasteiger partial charge in [0.1, 0.15) is 41.2 Å². The lowest BCUT2D eigenvalue weighted by molar-refractivity contribution is -0.132. The number of ether oxygens (including phenoxy) is 4. The molecule has 75 heavy (non-hydrogen) atoms. The van der Waals surface area contributed by atoms with Gasteiger partial charge >= 0.3 is 0 Å². The molecule has 4 N–H and O–H groups in total. The van der Waals surface area contributed by atoms with Gasteiger partial charge in [0, 0.05) is 109 Å². The molecule has 0 aliphatic carbocycles. The third-order valence-corrected chi connectivity index (χ3v) is 13.3. The highest BCUT2D eigenvalue weighted by Crippen LogP contribution is 2.36. The summed E-state index contributed by atoms with van der Waals surface area (Å²) in [5, 5.41) is 13.8. The van der Waals surface area contributed by atoms with Crippen LogP contribution in [0.1, 0.15) is 0 Å². The van der Waals surface area contributed by atoms with E-state index >= 15 is 0 Å². The fourth-order valence-corrected chi connectivity index (χ4v) is 8.40. The molecule has 2 saturated heterocycles. The number of fused-ring (bicyclic) bond motifs is 2. The van der Waals surface area contributed by atoms with Crippen LogP contribution in [0.15, 0.2) is 91.0 Å². The van der Waals surface area contributed by atoms with E-state index in [1.54, 1.807) is 78.6 Å². The Morgan fingerprint density at radius 1 is 0.627 bits per heavy atom. The minimum absolute atomic E-state index is 0.00463. The van der Waals surface area contributed by atoms with Crippen LogP contribution in [0.2, 0.25) is 25.1 Å². The number of nitrogen functional groups attached to an aromatic ring is 1. The predicted octanol–water partition coefficient (Wildman–Crippen LogP) is 9.60. The number of carbonyl (C=O) groups is 5. The zero-order valence-corrected chi connectivity index (χ0v) is 46.4. The van der Waals surface area contributed by atoms with E-state index in [1.807, 2.05) is 30.3 Å². The van der Waals surface area contributed by atoms with Crippen LogP contribution in [0.4, 0.5) is 28.4 Å². The number of alkyl halides is 2. The number of rotatable bonds is 8. The zero-order valence-electron chi connectivity index (χ0n) is 40.3. The van der Waals surface area contributed by atoms with Gasteiger partial charge in [-0.15, -0.1) is 23.2 Å². The Balaban J connectivity index is 0.000000196. The maximum absolute atomic E-state index is 12.9. The lowest BCUT2D eigenvalue weighted by atomic mass is 10.2. The van der Waals surface area contributed by atoms with Gasteiger partial charge in [-0.25, -0.2) is 0 Å². The van der Waals surface area contributed by atoms with Crippen molar-refractivity contribution in [1.29, 1.82) is 0 Å². The average molecular weight is 1190 g/mol. The van der Waals surface area contributed by atoms with Crippen molar-refractivity contribution in [2.24, 2.45) is 0 Å². The Hall–Kier alpha value is -5.63. The van der Waals surface area contributed by atoms with Crippen LogP contribution in [0.25, 0.3) is 0 Å². The second-order valence-corrected chi connectivity index (χ2v) is 19.1. The first-order valence-electron chi connectivity index (χ1n) is 22.6. The van der Waals surface area contributed by atoms with E-state index in [4.69, 9.17) is 123 Å². The Morgan fingerprint density at radius 3 is 1.60 bits per heavy atom. The van der Waals surface area contributed by atoms with Crippen molar-refractivity contribution < 1.29 is 48.0 Å². The highest BCUT2D eigenvalue weighted by atomic mass is 35.5. The van der Waals surface area contributed by atoms with Crippen LogP contribution >= 0.6 is 92.8 Å². The maximum atomic E-state index is 12.9. The molecular formula is C50H51Cl8N7O10. The first-order chi connectivity index (χ1) is 35.8. The number of phenols is 1. The number of amides is 4. The van der Waals surface area contributed by atoms with E-state index in [2.05, 4.69) is 15.1 Å². The largest absolute Gasteiger partial charge is 0.506 e. The van der Waals surface area contributed by atoms with E-state index < -0.39 is 5.24 Å². The standard InChI is InChI=1S/C21H21Cl2N3O4.C13H16Cl2N2O2.C8H6ClNO2.C6H6ClNO.C2H2Cl2O/c1-29-18-11-15(3-4-16(18)23)24-6-8-25(9-7-24)20(27)12-26-17-5-2-14(22)10-19(17)30-13-21(26)28;1-19-12-8-10(2-3-11(12)15)16-4-6-17(7-5-16)13(18)9-14;9-5-1-2-6-7(3-5)12-4-8(11)10-6;7-4-1-2-5(8)6(9)3-4;3-1-2(4)5/h2-5,10-11H,6-9,12-13H2,1H3;2-3,8H,4-7,9H2,1H3;1-3H,4H2,(H,10,11);1-3,9H,8H2;1H2. The van der Waals surface area contributed by atoms with Crippen LogP contribution in [0, 0.1) is 0 Å². The minimum atomic E-state index is -0.508. The van der Waals surface area contributed by atoms with Crippen LogP contribution in [0.3, 0.4) is 0 Å². The second-order valence-electron chi connectivity index (χ2n) is 16.1. The number of piperazine rings is 2. The van der Waals surface area contributed by atoms with Gasteiger partial charge in [0.2, 0.25) is 17.1 Å².